The first-order chi connectivity index (χ1) is 5.24. The van der Waals surface area contributed by atoms with E-state index in [-0.39, 0.29) is 11.5 Å². The van der Waals surface area contributed by atoms with E-state index in [2.05, 4.69) is 11.6 Å². The summed E-state index contributed by atoms with van der Waals surface area (Å²) in [6.07, 6.45) is 2.14. The number of rotatable bonds is 2. The van der Waals surface area contributed by atoms with Crippen molar-refractivity contribution < 1.29 is 9.18 Å². The molecule has 0 radical (unpaired) electrons. The molecule has 1 aromatic heterocycles. The van der Waals surface area contributed by atoms with Gasteiger partial charge in [-0.3, -0.25) is 4.79 Å². The smallest absolute Gasteiger partial charge is 0.203 e. The Morgan fingerprint density at radius 1 is 1.64 bits per heavy atom. The first-order valence-corrected chi connectivity index (χ1v) is 3.02. The molecular formula is C8H6FNO. The van der Waals surface area contributed by atoms with Gasteiger partial charge in [-0.1, -0.05) is 6.58 Å². The third-order valence-corrected chi connectivity index (χ3v) is 1.17. The Morgan fingerprint density at radius 2 is 2.36 bits per heavy atom. The van der Waals surface area contributed by atoms with Crippen molar-refractivity contribution in [1.82, 2.24) is 4.98 Å². The maximum atomic E-state index is 12.3. The number of hydrogen-bond acceptors (Lipinski definition) is 2. The minimum absolute atomic E-state index is 0.210. The van der Waals surface area contributed by atoms with Crippen LogP contribution in [0.5, 0.6) is 0 Å². The van der Waals surface area contributed by atoms with Crippen LogP contribution in [0, 0.1) is 5.82 Å². The lowest BCUT2D eigenvalue weighted by atomic mass is 10.2. The Balaban J connectivity index is 2.98. The van der Waals surface area contributed by atoms with Gasteiger partial charge in [0.1, 0.15) is 11.5 Å². The molecule has 0 saturated carbocycles. The summed E-state index contributed by atoms with van der Waals surface area (Å²) in [7, 11) is 0. The second-order valence-corrected chi connectivity index (χ2v) is 1.93. The van der Waals surface area contributed by atoms with Gasteiger partial charge in [0.25, 0.3) is 0 Å². The Bertz CT molecular complexity index is 279. The molecule has 0 N–H and O–H groups in total. The molecule has 1 rings (SSSR count). The summed E-state index contributed by atoms with van der Waals surface area (Å²) in [6, 6.07) is 2.50. The molecule has 3 heteroatoms. The van der Waals surface area contributed by atoms with Crippen LogP contribution in [0.25, 0.3) is 0 Å². The third kappa shape index (κ3) is 1.70. The number of hydrogen-bond donors (Lipinski definition) is 0. The Hall–Kier alpha value is -1.51. The van der Waals surface area contributed by atoms with E-state index in [4.69, 9.17) is 0 Å². The van der Waals surface area contributed by atoms with E-state index in [0.717, 1.165) is 12.3 Å². The van der Waals surface area contributed by atoms with Crippen LogP contribution in [0.15, 0.2) is 31.0 Å². The maximum Gasteiger partial charge on any atom is 0.203 e. The fourth-order valence-corrected chi connectivity index (χ4v) is 0.626. The van der Waals surface area contributed by atoms with E-state index in [1.54, 1.807) is 0 Å². The van der Waals surface area contributed by atoms with Crippen molar-refractivity contribution in [1.29, 1.82) is 0 Å². The zero-order chi connectivity index (χ0) is 8.27. The first kappa shape index (κ1) is 7.60. The first-order valence-electron chi connectivity index (χ1n) is 3.02. The molecule has 1 aromatic rings. The second kappa shape index (κ2) is 3.05. The van der Waals surface area contributed by atoms with Gasteiger partial charge in [-0.15, -0.1) is 0 Å². The summed E-state index contributed by atoms with van der Waals surface area (Å²) in [4.78, 5) is 14.4. The molecule has 0 aliphatic rings. The number of pyridine rings is 1. The molecule has 0 aromatic carbocycles. The number of carbonyl (C=O) groups is 1. The zero-order valence-electron chi connectivity index (χ0n) is 5.75. The Labute approximate surface area is 63.4 Å². The zero-order valence-corrected chi connectivity index (χ0v) is 5.75. The van der Waals surface area contributed by atoms with Gasteiger partial charge in [0.05, 0.1) is 6.20 Å². The van der Waals surface area contributed by atoms with Crippen LogP contribution in [0.3, 0.4) is 0 Å². The molecule has 0 spiro atoms. The van der Waals surface area contributed by atoms with Crippen LogP contribution in [0.4, 0.5) is 4.39 Å². The molecule has 56 valence electrons. The molecule has 0 aliphatic heterocycles. The van der Waals surface area contributed by atoms with Crippen LogP contribution in [0.1, 0.15) is 10.5 Å². The van der Waals surface area contributed by atoms with Gasteiger partial charge in [-0.2, -0.15) is 0 Å². The van der Waals surface area contributed by atoms with Gasteiger partial charge in [0.15, 0.2) is 0 Å². The van der Waals surface area contributed by atoms with Crippen molar-refractivity contribution >= 4 is 5.78 Å². The number of allylic oxidation sites excluding steroid dienone is 1. The van der Waals surface area contributed by atoms with Gasteiger partial charge < -0.3 is 0 Å². The molecule has 0 amide bonds. The molecule has 0 unspecified atom stereocenters. The Morgan fingerprint density at radius 3 is 2.82 bits per heavy atom. The van der Waals surface area contributed by atoms with Crippen molar-refractivity contribution in [2.24, 2.45) is 0 Å². The summed E-state index contributed by atoms with van der Waals surface area (Å²) < 4.78 is 12.3. The topological polar surface area (TPSA) is 30.0 Å². The lowest BCUT2D eigenvalue weighted by Crippen LogP contribution is -1.96. The molecule has 2 nitrogen and oxygen atoms in total. The average molecular weight is 151 g/mol. The van der Waals surface area contributed by atoms with Crippen LogP contribution in [-0.2, 0) is 0 Å². The monoisotopic (exact) mass is 151 g/mol. The average Bonchev–Trinajstić information content (AvgIpc) is 2.05. The van der Waals surface area contributed by atoms with Crippen molar-refractivity contribution in [2.45, 2.75) is 0 Å². The highest BCUT2D eigenvalue weighted by Crippen LogP contribution is 1.98. The maximum absolute atomic E-state index is 12.3. The number of aromatic nitrogens is 1. The molecule has 11 heavy (non-hydrogen) atoms. The normalized spacial score (nSPS) is 9.18. The molecule has 0 bridgehead atoms. The fourth-order valence-electron chi connectivity index (χ4n) is 0.626. The highest BCUT2D eigenvalue weighted by atomic mass is 19.1. The van der Waals surface area contributed by atoms with Gasteiger partial charge in [0, 0.05) is 0 Å². The van der Waals surface area contributed by atoms with Gasteiger partial charge in [-0.25, -0.2) is 9.37 Å². The number of carbonyl (C=O) groups excluding carboxylic acids is 1. The van der Waals surface area contributed by atoms with E-state index >= 15 is 0 Å². The highest BCUT2D eigenvalue weighted by Gasteiger charge is 2.00. The quantitative estimate of drug-likeness (QED) is 0.474. The standard InChI is InChI=1S/C8H6FNO/c1-2-8(11)7-4-3-6(9)5-10-7/h2-5H,1H2. The van der Waals surface area contributed by atoms with Gasteiger partial charge in [0.2, 0.25) is 5.78 Å². The number of nitrogens with zero attached hydrogens (tertiary/aromatic N) is 1. The third-order valence-electron chi connectivity index (χ3n) is 1.17. The largest absolute Gasteiger partial charge is 0.288 e. The fraction of sp³-hybridized carbons (Fsp3) is 0. The lowest BCUT2D eigenvalue weighted by Gasteiger charge is -1.91. The summed E-state index contributed by atoms with van der Waals surface area (Å²) in [5.41, 5.74) is 0.210. The molecule has 0 aliphatic carbocycles. The minimum Gasteiger partial charge on any atom is -0.288 e. The molecule has 0 atom stereocenters. The van der Waals surface area contributed by atoms with Crippen molar-refractivity contribution in [3.05, 3.63) is 42.5 Å². The summed E-state index contributed by atoms with van der Waals surface area (Å²) in [6.45, 7) is 3.28. The van der Waals surface area contributed by atoms with E-state index in [0.29, 0.717) is 0 Å². The second-order valence-electron chi connectivity index (χ2n) is 1.93. The van der Waals surface area contributed by atoms with Crippen molar-refractivity contribution in [2.75, 3.05) is 0 Å². The van der Waals surface area contributed by atoms with Crippen molar-refractivity contribution in [3.8, 4) is 0 Å². The van der Waals surface area contributed by atoms with Crippen LogP contribution in [0.2, 0.25) is 0 Å². The number of halogens is 1. The summed E-state index contributed by atoms with van der Waals surface area (Å²) >= 11 is 0. The van der Waals surface area contributed by atoms with Crippen LogP contribution < -0.4 is 0 Å². The molecule has 1 heterocycles. The van der Waals surface area contributed by atoms with Gasteiger partial charge in [-0.05, 0) is 18.2 Å². The molecule has 0 saturated heterocycles. The predicted molar refractivity (Wildman–Crippen MR) is 38.7 cm³/mol. The number of ketones is 1. The summed E-state index contributed by atoms with van der Waals surface area (Å²) in [5.74, 6) is -0.754. The van der Waals surface area contributed by atoms with E-state index in [1.807, 2.05) is 0 Å². The Kier molecular flexibility index (Phi) is 2.11. The predicted octanol–water partition coefficient (Wildman–Crippen LogP) is 1.59. The van der Waals surface area contributed by atoms with E-state index in [9.17, 15) is 9.18 Å². The van der Waals surface area contributed by atoms with Crippen LogP contribution >= 0.6 is 0 Å². The van der Waals surface area contributed by atoms with E-state index < -0.39 is 5.82 Å². The van der Waals surface area contributed by atoms with E-state index in [1.165, 1.54) is 12.1 Å². The minimum atomic E-state index is -0.453. The molecule has 0 fully saturated rings. The molecular weight excluding hydrogens is 145 g/mol. The highest BCUT2D eigenvalue weighted by molar-refractivity contribution is 6.02. The van der Waals surface area contributed by atoms with Crippen molar-refractivity contribution in [3.63, 3.8) is 0 Å². The lowest BCUT2D eigenvalue weighted by molar-refractivity contribution is 0.104. The van der Waals surface area contributed by atoms with Crippen LogP contribution in [-0.4, -0.2) is 10.8 Å². The van der Waals surface area contributed by atoms with Gasteiger partial charge >= 0.3 is 0 Å². The summed E-state index contributed by atoms with van der Waals surface area (Å²) in [5, 5.41) is 0. The SMILES string of the molecule is C=CC(=O)c1ccc(F)cn1.